The second-order valence-corrected chi connectivity index (χ2v) is 4.07. The predicted octanol–water partition coefficient (Wildman–Crippen LogP) is -10.5. The average Bonchev–Trinajstić information content (AvgIpc) is 2.21. The van der Waals surface area contributed by atoms with Crippen LogP contribution in [0.4, 0.5) is 0 Å². The second-order valence-electron chi connectivity index (χ2n) is 2.92. The van der Waals surface area contributed by atoms with Gasteiger partial charge in [-0.1, -0.05) is 0 Å². The molecule has 0 amide bonds. The number of hydrogen-bond acceptors (Lipinski definition) is 9. The van der Waals surface area contributed by atoms with Crippen molar-refractivity contribution in [2.75, 3.05) is 6.61 Å². The van der Waals surface area contributed by atoms with E-state index in [-0.39, 0.29) is 109 Å². The Morgan fingerprint density at radius 2 is 1.56 bits per heavy atom. The summed E-state index contributed by atoms with van der Waals surface area (Å²) >= 11 is 0. The number of aliphatic hydroxyl groups excluding tert-OH is 4. The van der Waals surface area contributed by atoms with Crippen LogP contribution in [0.1, 0.15) is 0 Å². The van der Waals surface area contributed by atoms with E-state index in [1.165, 1.54) is 0 Å². The molecule has 0 saturated carbocycles. The van der Waals surface area contributed by atoms with Crippen molar-refractivity contribution in [3.8, 4) is 0 Å². The van der Waals surface area contributed by atoms with Crippen LogP contribution in [0.2, 0.25) is 0 Å². The van der Waals surface area contributed by atoms with Crippen molar-refractivity contribution in [2.45, 2.75) is 24.4 Å². The molecule has 0 aromatic heterocycles. The van der Waals surface area contributed by atoms with Gasteiger partial charge in [0.15, 0.2) is 6.29 Å². The van der Waals surface area contributed by atoms with E-state index in [2.05, 4.69) is 4.52 Å². The molecule has 0 unspecified atom stereocenters. The number of aldehydes is 1. The number of phosphoric ester groups is 1. The minimum absolute atomic E-state index is 0. The summed E-state index contributed by atoms with van der Waals surface area (Å²) in [6.07, 6.45) is -8.04. The monoisotopic (exact) mass is 336 g/mol. The quantitative estimate of drug-likeness (QED) is 0.200. The van der Waals surface area contributed by atoms with E-state index in [0.29, 0.717) is 0 Å². The molecule has 0 radical (unpaired) electrons. The number of carbonyl (C=O) groups excluding carboxylic acids is 1. The molecular weight excluding hydrogens is 325 g/mol. The van der Waals surface area contributed by atoms with Crippen LogP contribution in [0, 0.1) is 0 Å². The van der Waals surface area contributed by atoms with Crippen molar-refractivity contribution in [1.29, 1.82) is 0 Å². The Morgan fingerprint density at radius 3 is 1.89 bits per heavy atom. The van der Waals surface area contributed by atoms with Crippen LogP contribution < -0.4 is 113 Å². The van der Waals surface area contributed by atoms with Gasteiger partial charge >= 0.3 is 103 Å². The molecule has 0 heterocycles. The number of aliphatic hydroxyl groups is 4. The topological polar surface area (TPSA) is 170 Å². The van der Waals surface area contributed by atoms with Gasteiger partial charge in [0.25, 0.3) is 0 Å². The van der Waals surface area contributed by atoms with Crippen LogP contribution in [-0.2, 0) is 13.9 Å². The van der Waals surface area contributed by atoms with E-state index in [0.717, 1.165) is 0 Å². The van der Waals surface area contributed by atoms with Crippen molar-refractivity contribution >= 4 is 14.1 Å². The number of rotatable bonds is 7. The summed E-state index contributed by atoms with van der Waals surface area (Å²) in [5.41, 5.74) is 0. The number of phosphoric acid groups is 1. The summed E-state index contributed by atoms with van der Waals surface area (Å²) in [6.45, 7) is -1.09. The van der Waals surface area contributed by atoms with E-state index in [4.69, 9.17) is 20.4 Å². The van der Waals surface area contributed by atoms with Crippen LogP contribution in [0.5, 0.6) is 0 Å². The van der Waals surface area contributed by atoms with Crippen LogP contribution >= 0.6 is 7.82 Å². The number of carbonyl (C=O) groups is 1. The van der Waals surface area contributed by atoms with Crippen LogP contribution in [0.3, 0.4) is 0 Å². The first-order valence-corrected chi connectivity index (χ1v) is 5.49. The van der Waals surface area contributed by atoms with Crippen molar-refractivity contribution in [3.63, 3.8) is 0 Å². The summed E-state index contributed by atoms with van der Waals surface area (Å²) in [5.74, 6) is 0. The van der Waals surface area contributed by atoms with Gasteiger partial charge < -0.3 is 44.1 Å². The molecule has 4 N–H and O–H groups in total. The van der Waals surface area contributed by atoms with Crippen LogP contribution in [0.15, 0.2) is 0 Å². The van der Waals surface area contributed by atoms with Gasteiger partial charge in [-0.25, -0.2) is 0 Å². The fraction of sp³-hybridized carbons (Fsp3) is 0.833. The van der Waals surface area contributed by atoms with Gasteiger partial charge in [-0.3, -0.25) is 0 Å². The predicted molar refractivity (Wildman–Crippen MR) is 43.6 cm³/mol. The molecule has 0 fully saturated rings. The van der Waals surface area contributed by atoms with Crippen molar-refractivity contribution in [1.82, 2.24) is 0 Å². The van der Waals surface area contributed by atoms with Gasteiger partial charge in [-0.15, -0.1) is 0 Å². The Hall–Kier alpha value is 2.89. The third kappa shape index (κ3) is 11.5. The zero-order valence-corrected chi connectivity index (χ0v) is 17.0. The average molecular weight is 336 g/mol. The third-order valence-corrected chi connectivity index (χ3v) is 2.10. The second kappa shape index (κ2) is 12.4. The Balaban J connectivity index is -0.00000112. The molecule has 12 heteroatoms. The molecule has 0 aromatic rings. The zero-order valence-electron chi connectivity index (χ0n) is 9.87. The normalized spacial score (nSPS) is 17.7. The summed E-state index contributed by atoms with van der Waals surface area (Å²) < 4.78 is 13.6. The molecule has 0 rings (SSSR count). The summed E-state index contributed by atoms with van der Waals surface area (Å²) in [4.78, 5) is 30.0. The summed E-state index contributed by atoms with van der Waals surface area (Å²) in [6, 6.07) is 0. The molecule has 0 aliphatic carbocycles. The molecule has 9 nitrogen and oxygen atoms in total. The maximum atomic E-state index is 10.0. The van der Waals surface area contributed by atoms with E-state index in [1.54, 1.807) is 0 Å². The fourth-order valence-corrected chi connectivity index (χ4v) is 1.11. The maximum Gasteiger partial charge on any atom is 1.00 e. The maximum absolute atomic E-state index is 10.0. The molecule has 4 atom stereocenters. The molecule has 96 valence electrons. The van der Waals surface area contributed by atoms with Crippen LogP contribution in [-0.4, -0.2) is 57.7 Å². The summed E-state index contributed by atoms with van der Waals surface area (Å²) in [7, 11) is -5.30. The van der Waals surface area contributed by atoms with E-state index in [1.807, 2.05) is 0 Å². The van der Waals surface area contributed by atoms with Crippen molar-refractivity contribution in [3.05, 3.63) is 0 Å². The van der Waals surface area contributed by atoms with Gasteiger partial charge in [-0.05, 0) is 0 Å². The van der Waals surface area contributed by atoms with Gasteiger partial charge in [0.2, 0.25) is 0 Å². The zero-order chi connectivity index (χ0) is 12.9. The minimum Gasteiger partial charge on any atom is -0.790 e. The van der Waals surface area contributed by atoms with E-state index in [9.17, 15) is 19.1 Å². The molecule has 0 saturated heterocycles. The Labute approximate surface area is 188 Å². The molecule has 18 heavy (non-hydrogen) atoms. The standard InChI is InChI=1S/C6H13O9P.2K/c7-1-3(8)5(10)6(11)4(9)2-15-16(12,13)14;;/h1,3-6,8-11H,2H2,(H2,12,13,14);;/q;2*+1/p-2/t3-,4+,5+,6+;;/m0../s1. The summed E-state index contributed by atoms with van der Waals surface area (Å²) in [5, 5.41) is 35.9. The van der Waals surface area contributed by atoms with Crippen LogP contribution in [0.25, 0.3) is 0 Å². The van der Waals surface area contributed by atoms with E-state index < -0.39 is 38.8 Å². The smallest absolute Gasteiger partial charge is 0.790 e. The molecule has 0 aromatic carbocycles. The van der Waals surface area contributed by atoms with Gasteiger partial charge in [0.1, 0.15) is 24.4 Å². The fourth-order valence-electron chi connectivity index (χ4n) is 0.776. The Kier molecular flexibility index (Phi) is 17.8. The van der Waals surface area contributed by atoms with Crippen molar-refractivity contribution < 1.29 is 147 Å². The molecule has 0 bridgehead atoms. The van der Waals surface area contributed by atoms with E-state index >= 15 is 0 Å². The Bertz CT molecular complexity index is 272. The first kappa shape index (κ1) is 25.8. The minimum atomic E-state index is -5.30. The largest absolute Gasteiger partial charge is 1.00 e. The molecule has 0 spiro atoms. The van der Waals surface area contributed by atoms with Gasteiger partial charge in [0, 0.05) is 0 Å². The molecular formula is C6H11K2O9P. The third-order valence-electron chi connectivity index (χ3n) is 1.64. The van der Waals surface area contributed by atoms with Crippen molar-refractivity contribution in [2.24, 2.45) is 0 Å². The Morgan fingerprint density at radius 1 is 1.11 bits per heavy atom. The van der Waals surface area contributed by atoms with Gasteiger partial charge in [-0.2, -0.15) is 0 Å². The molecule has 0 aliphatic heterocycles. The first-order chi connectivity index (χ1) is 7.19. The number of hydrogen-bond donors (Lipinski definition) is 4. The first-order valence-electron chi connectivity index (χ1n) is 4.03. The molecule has 0 aliphatic rings. The van der Waals surface area contributed by atoms with Gasteiger partial charge in [0.05, 0.1) is 14.4 Å². The SMILES string of the molecule is O=C[C@H](O)[C@@H](O)[C@H](O)[C@H](O)COP(=O)([O-])[O-].[K+].[K+].